The van der Waals surface area contributed by atoms with Crippen LogP contribution >= 0.6 is 0 Å². The average molecular weight is 253 g/mol. The normalized spacial score (nSPS) is 30.5. The van der Waals surface area contributed by atoms with Crippen LogP contribution in [0.5, 0.6) is 0 Å². The molecule has 0 aromatic carbocycles. The predicted octanol–water partition coefficient (Wildman–Crippen LogP) is 1.93. The fourth-order valence-electron chi connectivity index (χ4n) is 3.50. The molecule has 1 unspecified atom stereocenters. The maximum absolute atomic E-state index is 3.70. The van der Waals surface area contributed by atoms with Crippen molar-refractivity contribution in [3.8, 4) is 0 Å². The summed E-state index contributed by atoms with van der Waals surface area (Å²) in [5.41, 5.74) is 0.295. The first-order valence-electron chi connectivity index (χ1n) is 7.85. The molecule has 0 aromatic rings. The first-order chi connectivity index (χ1) is 8.63. The summed E-state index contributed by atoms with van der Waals surface area (Å²) in [4.78, 5) is 5.37. The highest BCUT2D eigenvalue weighted by molar-refractivity contribution is 4.97. The molecule has 0 saturated carbocycles. The molecule has 0 aliphatic carbocycles. The molecule has 1 N–H and O–H groups in total. The maximum Gasteiger partial charge on any atom is 0.0280 e. The van der Waals surface area contributed by atoms with E-state index in [4.69, 9.17) is 0 Å². The molecule has 106 valence electrons. The Kier molecular flexibility index (Phi) is 5.05. The summed E-state index contributed by atoms with van der Waals surface area (Å²) in [5.74, 6) is 0. The van der Waals surface area contributed by atoms with Crippen LogP contribution in [0.1, 0.15) is 46.5 Å². The Morgan fingerprint density at radius 2 is 1.89 bits per heavy atom. The Labute approximate surface area is 113 Å². The third-order valence-corrected chi connectivity index (χ3v) is 4.74. The van der Waals surface area contributed by atoms with Crippen molar-refractivity contribution in [1.82, 2.24) is 15.1 Å². The van der Waals surface area contributed by atoms with Gasteiger partial charge in [0.1, 0.15) is 0 Å². The van der Waals surface area contributed by atoms with Gasteiger partial charge in [-0.05, 0) is 46.2 Å². The molecule has 18 heavy (non-hydrogen) atoms. The molecule has 0 spiro atoms. The largest absolute Gasteiger partial charge is 0.310 e. The van der Waals surface area contributed by atoms with Crippen LogP contribution in [0.3, 0.4) is 0 Å². The fourth-order valence-corrected chi connectivity index (χ4v) is 3.50. The van der Waals surface area contributed by atoms with Crippen LogP contribution in [0.4, 0.5) is 0 Å². The molecule has 0 aromatic heterocycles. The molecular weight excluding hydrogens is 222 g/mol. The standard InChI is InChI=1S/C15H31N3/c1-4-5-9-17-10-12-18(13-11-17)14-7-6-8-16-15(14,2)3/h14,16H,4-13H2,1-3H3. The Bertz CT molecular complexity index is 244. The minimum atomic E-state index is 0.295. The second-order valence-corrected chi connectivity index (χ2v) is 6.54. The third kappa shape index (κ3) is 3.46. The van der Waals surface area contributed by atoms with E-state index >= 15 is 0 Å². The van der Waals surface area contributed by atoms with Gasteiger partial charge < -0.3 is 10.2 Å². The summed E-state index contributed by atoms with van der Waals surface area (Å²) >= 11 is 0. The number of unbranched alkanes of at least 4 members (excludes halogenated alkanes) is 1. The minimum Gasteiger partial charge on any atom is -0.310 e. The quantitative estimate of drug-likeness (QED) is 0.826. The lowest BCUT2D eigenvalue weighted by atomic mass is 9.85. The van der Waals surface area contributed by atoms with Crippen LogP contribution in [-0.4, -0.2) is 60.6 Å². The van der Waals surface area contributed by atoms with Crippen LogP contribution in [0.2, 0.25) is 0 Å². The van der Waals surface area contributed by atoms with E-state index in [1.165, 1.54) is 65.0 Å². The molecule has 0 bridgehead atoms. The molecule has 3 nitrogen and oxygen atoms in total. The van der Waals surface area contributed by atoms with Crippen molar-refractivity contribution in [2.45, 2.75) is 58.0 Å². The van der Waals surface area contributed by atoms with E-state index < -0.39 is 0 Å². The lowest BCUT2D eigenvalue weighted by molar-refractivity contribution is 0.0383. The van der Waals surface area contributed by atoms with Crippen molar-refractivity contribution >= 4 is 0 Å². The van der Waals surface area contributed by atoms with Crippen LogP contribution in [-0.2, 0) is 0 Å². The van der Waals surface area contributed by atoms with Crippen molar-refractivity contribution in [2.75, 3.05) is 39.3 Å². The second kappa shape index (κ2) is 6.36. The molecule has 0 amide bonds. The molecule has 3 heteroatoms. The van der Waals surface area contributed by atoms with E-state index in [9.17, 15) is 0 Å². The van der Waals surface area contributed by atoms with Gasteiger partial charge in [0.05, 0.1) is 0 Å². The summed E-state index contributed by atoms with van der Waals surface area (Å²) < 4.78 is 0. The number of piperidine rings is 1. The Hall–Kier alpha value is -0.120. The maximum atomic E-state index is 3.70. The Morgan fingerprint density at radius 3 is 2.50 bits per heavy atom. The van der Waals surface area contributed by atoms with Gasteiger partial charge in [-0.1, -0.05) is 13.3 Å². The molecular formula is C15H31N3. The van der Waals surface area contributed by atoms with E-state index in [-0.39, 0.29) is 0 Å². The zero-order chi connectivity index (χ0) is 13.0. The summed E-state index contributed by atoms with van der Waals surface area (Å²) in [7, 11) is 0. The molecule has 0 radical (unpaired) electrons. The zero-order valence-electron chi connectivity index (χ0n) is 12.5. The van der Waals surface area contributed by atoms with Crippen LogP contribution < -0.4 is 5.32 Å². The van der Waals surface area contributed by atoms with E-state index in [1.807, 2.05) is 0 Å². The Balaban J connectivity index is 1.81. The number of nitrogens with one attached hydrogen (secondary N) is 1. The van der Waals surface area contributed by atoms with E-state index in [0.717, 1.165) is 6.04 Å². The summed E-state index contributed by atoms with van der Waals surface area (Å²) in [5, 5.41) is 3.70. The first kappa shape index (κ1) is 14.3. The van der Waals surface area contributed by atoms with Gasteiger partial charge in [-0.25, -0.2) is 0 Å². The minimum absolute atomic E-state index is 0.295. The monoisotopic (exact) mass is 253 g/mol. The number of piperazine rings is 1. The third-order valence-electron chi connectivity index (χ3n) is 4.74. The van der Waals surface area contributed by atoms with Crippen LogP contribution in [0.15, 0.2) is 0 Å². The van der Waals surface area contributed by atoms with E-state index in [0.29, 0.717) is 5.54 Å². The fraction of sp³-hybridized carbons (Fsp3) is 1.00. The van der Waals surface area contributed by atoms with Gasteiger partial charge in [-0.15, -0.1) is 0 Å². The SMILES string of the molecule is CCCCN1CCN(C2CCCNC2(C)C)CC1. The number of hydrogen-bond acceptors (Lipinski definition) is 3. The summed E-state index contributed by atoms with van der Waals surface area (Å²) in [6.45, 7) is 14.6. The number of nitrogens with zero attached hydrogens (tertiary/aromatic N) is 2. The van der Waals surface area contributed by atoms with E-state index in [1.54, 1.807) is 0 Å². The molecule has 2 aliphatic heterocycles. The topological polar surface area (TPSA) is 18.5 Å². The molecule has 2 saturated heterocycles. The van der Waals surface area contributed by atoms with Gasteiger partial charge in [0.2, 0.25) is 0 Å². The van der Waals surface area contributed by atoms with Crippen molar-refractivity contribution in [1.29, 1.82) is 0 Å². The highest BCUT2D eigenvalue weighted by atomic mass is 15.3. The average Bonchev–Trinajstić information content (AvgIpc) is 2.37. The van der Waals surface area contributed by atoms with Crippen molar-refractivity contribution in [3.63, 3.8) is 0 Å². The van der Waals surface area contributed by atoms with Gasteiger partial charge in [-0.2, -0.15) is 0 Å². The zero-order valence-corrected chi connectivity index (χ0v) is 12.5. The second-order valence-electron chi connectivity index (χ2n) is 6.54. The smallest absolute Gasteiger partial charge is 0.0280 e. The van der Waals surface area contributed by atoms with Crippen molar-refractivity contribution in [3.05, 3.63) is 0 Å². The van der Waals surface area contributed by atoms with Crippen LogP contribution in [0.25, 0.3) is 0 Å². The molecule has 2 heterocycles. The van der Waals surface area contributed by atoms with Crippen molar-refractivity contribution < 1.29 is 0 Å². The van der Waals surface area contributed by atoms with Gasteiger partial charge in [0, 0.05) is 37.8 Å². The van der Waals surface area contributed by atoms with Gasteiger partial charge in [0.15, 0.2) is 0 Å². The highest BCUT2D eigenvalue weighted by Gasteiger charge is 2.36. The Morgan fingerprint density at radius 1 is 1.17 bits per heavy atom. The lowest BCUT2D eigenvalue weighted by Crippen LogP contribution is -2.63. The van der Waals surface area contributed by atoms with Gasteiger partial charge >= 0.3 is 0 Å². The van der Waals surface area contributed by atoms with Crippen molar-refractivity contribution in [2.24, 2.45) is 0 Å². The molecule has 2 fully saturated rings. The first-order valence-corrected chi connectivity index (χ1v) is 7.85. The number of hydrogen-bond donors (Lipinski definition) is 1. The highest BCUT2D eigenvalue weighted by Crippen LogP contribution is 2.25. The molecule has 2 aliphatic rings. The van der Waals surface area contributed by atoms with E-state index in [2.05, 4.69) is 35.9 Å². The number of rotatable bonds is 4. The lowest BCUT2D eigenvalue weighted by Gasteiger charge is -2.48. The summed E-state index contributed by atoms with van der Waals surface area (Å²) in [6.07, 6.45) is 5.38. The van der Waals surface area contributed by atoms with Gasteiger partial charge in [-0.3, -0.25) is 4.90 Å². The molecule has 2 rings (SSSR count). The van der Waals surface area contributed by atoms with Crippen LogP contribution in [0, 0.1) is 0 Å². The summed E-state index contributed by atoms with van der Waals surface area (Å²) in [6, 6.07) is 0.736. The molecule has 1 atom stereocenters. The van der Waals surface area contributed by atoms with Gasteiger partial charge in [0.25, 0.3) is 0 Å². The predicted molar refractivity (Wildman–Crippen MR) is 78.0 cm³/mol.